The van der Waals surface area contributed by atoms with Crippen molar-refractivity contribution in [2.45, 2.75) is 35.7 Å². The van der Waals surface area contributed by atoms with Crippen LogP contribution in [0.4, 0.5) is 13.2 Å². The molecule has 6 nitrogen and oxygen atoms in total. The number of alkyl halides is 3. The second-order valence-electron chi connectivity index (χ2n) is 8.70. The monoisotopic (exact) mass is 507 g/mol. The van der Waals surface area contributed by atoms with Gasteiger partial charge in [-0.1, -0.05) is 30.3 Å². The van der Waals surface area contributed by atoms with E-state index in [0.29, 0.717) is 29.9 Å². The van der Waals surface area contributed by atoms with Crippen molar-refractivity contribution >= 4 is 15.8 Å². The molecular weight excluding hydrogens is 483 g/mol. The Balaban J connectivity index is 0.00000190. The fourth-order valence-electron chi connectivity index (χ4n) is 4.41. The number of hydrogen-bond donors (Lipinski definition) is 1. The average molecular weight is 508 g/mol. The van der Waals surface area contributed by atoms with Crippen molar-refractivity contribution in [3.8, 4) is 22.6 Å². The summed E-state index contributed by atoms with van der Waals surface area (Å²) in [5.41, 5.74) is -0.319. The summed E-state index contributed by atoms with van der Waals surface area (Å²) in [5.74, 6) is 1.09. The van der Waals surface area contributed by atoms with Crippen molar-refractivity contribution in [2.75, 3.05) is 6.79 Å². The third kappa shape index (κ3) is 4.39. The van der Waals surface area contributed by atoms with Crippen molar-refractivity contribution in [3.63, 3.8) is 0 Å². The number of carbonyl (C=O) groups excluding carboxylic acids is 1. The van der Waals surface area contributed by atoms with Gasteiger partial charge in [0.2, 0.25) is 16.8 Å². The van der Waals surface area contributed by atoms with E-state index in [1.54, 1.807) is 12.1 Å². The van der Waals surface area contributed by atoms with Crippen molar-refractivity contribution in [1.29, 1.82) is 0 Å². The number of nitrogens with two attached hydrogens (primary N) is 1. The maximum Gasteiger partial charge on any atom is 0.417 e. The Morgan fingerprint density at radius 2 is 1.66 bits per heavy atom. The number of ether oxygens (including phenoxy) is 2. The number of halogens is 3. The van der Waals surface area contributed by atoms with Crippen LogP contribution in [0.5, 0.6) is 11.5 Å². The molecule has 0 amide bonds. The van der Waals surface area contributed by atoms with E-state index < -0.39 is 27.2 Å². The van der Waals surface area contributed by atoms with E-state index in [2.05, 4.69) is 0 Å². The van der Waals surface area contributed by atoms with Gasteiger partial charge in [0, 0.05) is 9.27 Å². The lowest BCUT2D eigenvalue weighted by atomic mass is 9.86. The summed E-state index contributed by atoms with van der Waals surface area (Å²) in [5, 5.41) is 5.09. The van der Waals surface area contributed by atoms with Crippen molar-refractivity contribution in [2.24, 2.45) is 5.14 Å². The van der Waals surface area contributed by atoms with E-state index >= 15 is 0 Å². The quantitative estimate of drug-likeness (QED) is 0.502. The first-order valence-corrected chi connectivity index (χ1v) is 12.3. The van der Waals surface area contributed by atoms with Crippen LogP contribution in [-0.4, -0.2) is 21.0 Å². The van der Waals surface area contributed by atoms with Crippen LogP contribution in [0.1, 0.15) is 32.4 Å². The van der Waals surface area contributed by atoms with Gasteiger partial charge in [0.05, 0.1) is 15.9 Å². The highest BCUT2D eigenvalue weighted by Gasteiger charge is 2.50. The fraction of sp³-hybridized carbons (Fsp3) is 0.240. The van der Waals surface area contributed by atoms with Crippen LogP contribution in [-0.2, 0) is 32.8 Å². The molecule has 0 spiro atoms. The zero-order valence-electron chi connectivity index (χ0n) is 18.3. The Kier molecular flexibility index (Phi) is 5.41. The highest BCUT2D eigenvalue weighted by molar-refractivity contribution is 7.89. The first-order valence-electron chi connectivity index (χ1n) is 10.7. The second-order valence-corrected chi connectivity index (χ2v) is 10.3. The lowest BCUT2D eigenvalue weighted by Gasteiger charge is -2.18. The molecule has 0 bridgehead atoms. The minimum Gasteiger partial charge on any atom is -0.454 e. The SMILES string of the molecule is NS(=O)(=O)c1ccc(-c2cc(CC(=O)C3(c4ccc5c(c4)OCO5)CC3)ccc2C(F)(F)F)cc1.[HH].[HH]. The highest BCUT2D eigenvalue weighted by Crippen LogP contribution is 2.51. The van der Waals surface area contributed by atoms with Gasteiger partial charge in [0.25, 0.3) is 0 Å². The molecule has 3 aromatic rings. The molecule has 1 saturated carbocycles. The summed E-state index contributed by atoms with van der Waals surface area (Å²) in [7, 11) is -3.99. The maximum atomic E-state index is 13.7. The number of benzene rings is 3. The number of fused-ring (bicyclic) bond motifs is 1. The van der Waals surface area contributed by atoms with Crippen LogP contribution >= 0.6 is 0 Å². The number of rotatable bonds is 6. The predicted molar refractivity (Wildman–Crippen MR) is 125 cm³/mol. The molecule has 3 aromatic carbocycles. The summed E-state index contributed by atoms with van der Waals surface area (Å²) in [6, 6.07) is 13.8. The van der Waals surface area contributed by atoms with Crippen LogP contribution in [0.2, 0.25) is 0 Å². The van der Waals surface area contributed by atoms with E-state index in [9.17, 15) is 26.4 Å². The normalized spacial score (nSPS) is 16.2. The largest absolute Gasteiger partial charge is 0.454 e. The molecule has 1 aliphatic heterocycles. The number of ketones is 1. The molecule has 5 rings (SSSR count). The molecule has 0 radical (unpaired) electrons. The molecule has 0 unspecified atom stereocenters. The molecule has 186 valence electrons. The van der Waals surface area contributed by atoms with Crippen LogP contribution in [0, 0.1) is 0 Å². The van der Waals surface area contributed by atoms with Gasteiger partial charge in [0.15, 0.2) is 11.5 Å². The molecule has 2 N–H and O–H groups in total. The number of Topliss-reactive ketones (excluding diaryl/α,β-unsaturated/α-hetero) is 1. The first kappa shape index (κ1) is 23.4. The van der Waals surface area contributed by atoms with Crippen molar-refractivity contribution < 1.29 is 38.7 Å². The molecule has 2 aliphatic rings. The number of sulfonamides is 1. The minimum absolute atomic E-state index is 0. The van der Waals surface area contributed by atoms with Gasteiger partial charge in [-0.3, -0.25) is 4.79 Å². The molecule has 10 heteroatoms. The molecule has 0 atom stereocenters. The zero-order chi connectivity index (χ0) is 25.0. The van der Waals surface area contributed by atoms with E-state index in [4.69, 9.17) is 14.6 Å². The molecule has 35 heavy (non-hydrogen) atoms. The van der Waals surface area contributed by atoms with Gasteiger partial charge >= 0.3 is 6.18 Å². The Hall–Kier alpha value is -3.37. The zero-order valence-corrected chi connectivity index (χ0v) is 19.1. The first-order chi connectivity index (χ1) is 16.5. The summed E-state index contributed by atoms with van der Waals surface area (Å²) in [4.78, 5) is 13.1. The summed E-state index contributed by atoms with van der Waals surface area (Å²) in [6.07, 6.45) is -3.39. The third-order valence-electron chi connectivity index (χ3n) is 6.46. The number of primary sulfonamides is 1. The Morgan fingerprint density at radius 3 is 2.29 bits per heavy atom. The summed E-state index contributed by atoms with van der Waals surface area (Å²) in [6.45, 7) is 0.117. The fourth-order valence-corrected chi connectivity index (χ4v) is 4.93. The predicted octanol–water partition coefficient (Wildman–Crippen LogP) is 5.08. The van der Waals surface area contributed by atoms with Gasteiger partial charge in [-0.05, 0) is 65.4 Å². The lowest BCUT2D eigenvalue weighted by molar-refractivity contribution is -0.137. The molecule has 1 fully saturated rings. The van der Waals surface area contributed by atoms with Crippen LogP contribution < -0.4 is 14.6 Å². The lowest BCUT2D eigenvalue weighted by Crippen LogP contribution is -2.22. The molecule has 0 aromatic heterocycles. The Labute approximate surface area is 202 Å². The van der Waals surface area contributed by atoms with Gasteiger partial charge in [-0.15, -0.1) is 0 Å². The van der Waals surface area contributed by atoms with E-state index in [1.165, 1.54) is 24.3 Å². The summed E-state index contributed by atoms with van der Waals surface area (Å²) >= 11 is 0. The molecule has 1 aliphatic carbocycles. The second kappa shape index (κ2) is 8.10. The van der Waals surface area contributed by atoms with E-state index in [0.717, 1.165) is 23.8 Å². The highest BCUT2D eigenvalue weighted by atomic mass is 32.2. The minimum atomic E-state index is -4.64. The molecule has 1 heterocycles. The van der Waals surface area contributed by atoms with Crippen molar-refractivity contribution in [3.05, 3.63) is 77.4 Å². The van der Waals surface area contributed by atoms with Crippen LogP contribution in [0.15, 0.2) is 65.6 Å². The summed E-state index contributed by atoms with van der Waals surface area (Å²) < 4.78 is 74.9. The van der Waals surface area contributed by atoms with E-state index in [1.807, 2.05) is 6.07 Å². The van der Waals surface area contributed by atoms with Crippen LogP contribution in [0.3, 0.4) is 0 Å². The standard InChI is InChI=1S/C25H20F3NO5S.2H2/c26-25(27,28)20-7-1-15(11-19(20)16-2-5-18(6-3-16)35(29,31)32)12-23(30)24(9-10-24)17-4-8-21-22(13-17)34-14-33-21;;/h1-8,11,13H,9-10,12,14H2,(H2,29,31,32);2*1H. The third-order valence-corrected chi connectivity index (χ3v) is 7.39. The maximum absolute atomic E-state index is 13.7. The molecule has 0 saturated heterocycles. The van der Waals surface area contributed by atoms with Gasteiger partial charge in [-0.25, -0.2) is 13.6 Å². The number of carbonyl (C=O) groups is 1. The van der Waals surface area contributed by atoms with Gasteiger partial charge in [-0.2, -0.15) is 13.2 Å². The topological polar surface area (TPSA) is 95.7 Å². The van der Waals surface area contributed by atoms with Crippen LogP contribution in [0.25, 0.3) is 11.1 Å². The average Bonchev–Trinajstić information content (AvgIpc) is 3.49. The van der Waals surface area contributed by atoms with Crippen molar-refractivity contribution in [1.82, 2.24) is 0 Å². The Bertz CT molecular complexity index is 1440. The molecular formula is C25H24F3NO5S. The van der Waals surface area contributed by atoms with Gasteiger partial charge in [0.1, 0.15) is 5.78 Å². The number of hydrogen-bond acceptors (Lipinski definition) is 5. The van der Waals surface area contributed by atoms with Gasteiger partial charge < -0.3 is 9.47 Å². The smallest absolute Gasteiger partial charge is 0.417 e. The van der Waals surface area contributed by atoms with E-state index in [-0.39, 0.29) is 37.9 Å². The Morgan fingerprint density at radius 1 is 0.971 bits per heavy atom.